The molecule has 0 aromatic heterocycles. The number of hydrogen-bond acceptors (Lipinski definition) is 4. The number of nitrogens with one attached hydrogen (secondary N) is 3. The molecule has 4 rings (SSSR count). The molecule has 1 saturated heterocycles. The summed E-state index contributed by atoms with van der Waals surface area (Å²) in [5, 5.41) is 19.7. The fourth-order valence-corrected chi connectivity index (χ4v) is 4.91. The fourth-order valence-electron chi connectivity index (χ4n) is 4.91. The molecular formula is C27H34FN5O. The number of allylic oxidation sites excluding steroid dienone is 2. The number of hydrogen-bond donors (Lipinski definition) is 3. The van der Waals surface area contributed by atoms with Crippen molar-refractivity contribution >= 4 is 17.6 Å². The van der Waals surface area contributed by atoms with Crippen LogP contribution in [0, 0.1) is 16.6 Å². The van der Waals surface area contributed by atoms with Gasteiger partial charge >= 0.3 is 0 Å². The molecule has 7 heteroatoms. The summed E-state index contributed by atoms with van der Waals surface area (Å²) in [5.41, 5.74) is 3.59. The molecule has 1 amide bonds. The largest absolute Gasteiger partial charge is 0.342 e. The van der Waals surface area contributed by atoms with Crippen LogP contribution in [0.1, 0.15) is 62.0 Å². The van der Waals surface area contributed by atoms with Crippen LogP contribution in [0.4, 0.5) is 4.39 Å². The van der Waals surface area contributed by atoms with Gasteiger partial charge in [0, 0.05) is 37.2 Å². The lowest BCUT2D eigenvalue weighted by Crippen LogP contribution is -2.38. The number of nitrogens with zero attached hydrogens (tertiary/aromatic N) is 2. The smallest absolute Gasteiger partial charge is 0.254 e. The summed E-state index contributed by atoms with van der Waals surface area (Å²) in [4.78, 5) is 17.2. The molecule has 1 fully saturated rings. The number of halogens is 1. The molecule has 34 heavy (non-hydrogen) atoms. The van der Waals surface area contributed by atoms with Gasteiger partial charge in [-0.05, 0) is 75.4 Å². The molecule has 2 atom stereocenters. The van der Waals surface area contributed by atoms with Crippen molar-refractivity contribution in [3.05, 3.63) is 70.1 Å². The monoisotopic (exact) mass is 463 g/mol. The Labute approximate surface area is 201 Å². The Hall–Kier alpha value is -3.06. The number of carbonyl (C=O) groups is 1. The van der Waals surface area contributed by atoms with Gasteiger partial charge in [-0.15, -0.1) is 0 Å². The molecular weight excluding hydrogens is 429 g/mol. The predicted octanol–water partition coefficient (Wildman–Crippen LogP) is 4.57. The van der Waals surface area contributed by atoms with E-state index in [2.05, 4.69) is 24.1 Å². The number of rotatable bonds is 4. The van der Waals surface area contributed by atoms with Gasteiger partial charge in [-0.25, -0.2) is 4.39 Å². The van der Waals surface area contributed by atoms with Crippen LogP contribution in [0.25, 0.3) is 0 Å². The van der Waals surface area contributed by atoms with Gasteiger partial charge in [0.25, 0.3) is 5.91 Å². The maximum absolute atomic E-state index is 14.9. The number of amidine groups is 2. The van der Waals surface area contributed by atoms with Crippen LogP contribution in [0.3, 0.4) is 0 Å². The zero-order chi connectivity index (χ0) is 24.6. The Morgan fingerprint density at radius 3 is 2.68 bits per heavy atom. The fraction of sp³-hybridized carbons (Fsp3) is 0.444. The second-order valence-electron chi connectivity index (χ2n) is 9.81. The maximum Gasteiger partial charge on any atom is 0.254 e. The maximum atomic E-state index is 14.9. The average molecular weight is 464 g/mol. The van der Waals surface area contributed by atoms with E-state index in [1.165, 1.54) is 6.07 Å². The lowest BCUT2D eigenvalue weighted by Gasteiger charge is -2.32. The Bertz CT molecular complexity index is 1120. The summed E-state index contributed by atoms with van der Waals surface area (Å²) < 4.78 is 14.9. The van der Waals surface area contributed by atoms with Crippen LogP contribution in [-0.4, -0.2) is 52.0 Å². The highest BCUT2D eigenvalue weighted by Crippen LogP contribution is 2.26. The first-order chi connectivity index (χ1) is 16.2. The second-order valence-corrected chi connectivity index (χ2v) is 9.81. The van der Waals surface area contributed by atoms with Crippen molar-refractivity contribution in [3.63, 3.8) is 0 Å². The normalized spacial score (nSPS) is 22.9. The van der Waals surface area contributed by atoms with Gasteiger partial charge in [-0.1, -0.05) is 18.2 Å². The molecule has 0 radical (unpaired) electrons. The van der Waals surface area contributed by atoms with Gasteiger partial charge < -0.3 is 10.2 Å². The molecule has 1 unspecified atom stereocenters. The molecule has 1 aromatic rings. The van der Waals surface area contributed by atoms with E-state index in [9.17, 15) is 9.18 Å². The van der Waals surface area contributed by atoms with Crippen LogP contribution < -0.4 is 5.32 Å². The first-order valence-electron chi connectivity index (χ1n) is 12.0. The van der Waals surface area contributed by atoms with E-state index in [0.717, 1.165) is 42.6 Å². The summed E-state index contributed by atoms with van der Waals surface area (Å²) in [7, 11) is 0. The van der Waals surface area contributed by atoms with E-state index < -0.39 is 17.8 Å². The minimum absolute atomic E-state index is 0.0649. The molecule has 3 N–H and O–H groups in total. The van der Waals surface area contributed by atoms with Gasteiger partial charge in [-0.3, -0.25) is 20.5 Å². The van der Waals surface area contributed by atoms with Crippen LogP contribution in [0.5, 0.6) is 0 Å². The Balaban J connectivity index is 1.50. The van der Waals surface area contributed by atoms with Crippen LogP contribution in [0.2, 0.25) is 0 Å². The molecule has 6 nitrogen and oxygen atoms in total. The zero-order valence-corrected chi connectivity index (χ0v) is 20.4. The summed E-state index contributed by atoms with van der Waals surface area (Å²) in [6.45, 7) is 9.82. The average Bonchev–Trinajstić information content (AvgIpc) is 3.02. The van der Waals surface area contributed by atoms with E-state index in [-0.39, 0.29) is 11.6 Å². The van der Waals surface area contributed by atoms with Crippen LogP contribution >= 0.6 is 0 Å². The molecule has 0 spiro atoms. The van der Waals surface area contributed by atoms with E-state index in [1.807, 2.05) is 38.2 Å². The lowest BCUT2D eigenvalue weighted by molar-refractivity contribution is 0.0944. The second kappa shape index (κ2) is 9.66. The lowest BCUT2D eigenvalue weighted by atomic mass is 9.95. The predicted molar refractivity (Wildman–Crippen MR) is 134 cm³/mol. The number of benzene rings is 1. The third kappa shape index (κ3) is 4.75. The summed E-state index contributed by atoms with van der Waals surface area (Å²) in [6, 6.07) is 3.32. The highest BCUT2D eigenvalue weighted by atomic mass is 19.1. The SMILES string of the molecule is CC1=CC(C(=N)N2C(=N)CC[C@@H]2C)=CC=CC1NC(=O)c1cc2c(cc1F)CCN(C(C)C)C2. The molecule has 0 saturated carbocycles. The summed E-state index contributed by atoms with van der Waals surface area (Å²) in [5.74, 6) is -0.184. The third-order valence-corrected chi connectivity index (χ3v) is 7.09. The highest BCUT2D eigenvalue weighted by Gasteiger charge is 2.30. The number of carbonyl (C=O) groups excluding carboxylic acids is 1. The highest BCUT2D eigenvalue weighted by molar-refractivity contribution is 6.09. The zero-order valence-electron chi connectivity index (χ0n) is 20.4. The third-order valence-electron chi connectivity index (χ3n) is 7.09. The van der Waals surface area contributed by atoms with Gasteiger partial charge in [0.1, 0.15) is 17.5 Å². The van der Waals surface area contributed by atoms with Gasteiger partial charge in [0.15, 0.2) is 0 Å². The van der Waals surface area contributed by atoms with Crippen molar-refractivity contribution in [2.24, 2.45) is 0 Å². The van der Waals surface area contributed by atoms with Gasteiger partial charge in [0.05, 0.1) is 11.6 Å². The standard InChI is InChI=1S/C27H34FN5O/c1-16(2)32-11-10-19-14-23(28)22(13-21(19)15-32)27(34)31-24-7-5-6-20(12-17(24)3)26(30)33-18(4)8-9-25(33)29/h5-7,12-14,16,18,24,29-30H,8-11,15H2,1-4H3,(H,31,34)/t18-,24?/m0/s1. The summed E-state index contributed by atoms with van der Waals surface area (Å²) >= 11 is 0. The Kier molecular flexibility index (Phi) is 6.84. The minimum atomic E-state index is -0.490. The van der Waals surface area contributed by atoms with E-state index in [0.29, 0.717) is 29.7 Å². The minimum Gasteiger partial charge on any atom is -0.342 e. The van der Waals surface area contributed by atoms with Crippen molar-refractivity contribution in [1.82, 2.24) is 15.1 Å². The van der Waals surface area contributed by atoms with Crippen molar-refractivity contribution in [2.45, 2.75) is 71.6 Å². The number of amides is 1. The molecule has 1 aromatic carbocycles. The first kappa shape index (κ1) is 24.1. The first-order valence-corrected chi connectivity index (χ1v) is 12.0. The molecule has 0 bridgehead atoms. The molecule has 2 aliphatic heterocycles. The van der Waals surface area contributed by atoms with Crippen molar-refractivity contribution in [1.29, 1.82) is 10.8 Å². The molecule has 3 aliphatic rings. The molecule has 2 heterocycles. The Morgan fingerprint density at radius 2 is 2.00 bits per heavy atom. The van der Waals surface area contributed by atoms with Gasteiger partial charge in [0.2, 0.25) is 0 Å². The molecule has 1 aliphatic carbocycles. The topological polar surface area (TPSA) is 83.3 Å². The van der Waals surface area contributed by atoms with Crippen molar-refractivity contribution in [2.75, 3.05) is 6.54 Å². The summed E-state index contributed by atoms with van der Waals surface area (Å²) in [6.07, 6.45) is 9.69. The van der Waals surface area contributed by atoms with E-state index >= 15 is 0 Å². The van der Waals surface area contributed by atoms with Crippen molar-refractivity contribution < 1.29 is 9.18 Å². The van der Waals surface area contributed by atoms with Crippen LogP contribution in [-0.2, 0) is 13.0 Å². The van der Waals surface area contributed by atoms with Crippen LogP contribution in [0.15, 0.2) is 47.6 Å². The van der Waals surface area contributed by atoms with E-state index in [1.54, 1.807) is 11.0 Å². The van der Waals surface area contributed by atoms with Gasteiger partial charge in [-0.2, -0.15) is 0 Å². The quantitative estimate of drug-likeness (QED) is 0.452. The Morgan fingerprint density at radius 1 is 1.24 bits per heavy atom. The molecule has 180 valence electrons. The number of likely N-dealkylation sites (tertiary alicyclic amines) is 1. The van der Waals surface area contributed by atoms with Crippen molar-refractivity contribution in [3.8, 4) is 0 Å². The number of fused-ring (bicyclic) bond motifs is 1. The van der Waals surface area contributed by atoms with E-state index in [4.69, 9.17) is 10.8 Å².